The van der Waals surface area contributed by atoms with Crippen LogP contribution in [0.4, 0.5) is 0 Å². The summed E-state index contributed by atoms with van der Waals surface area (Å²) in [5, 5.41) is 0. The van der Waals surface area contributed by atoms with Gasteiger partial charge in [0, 0.05) is 11.8 Å². The van der Waals surface area contributed by atoms with Crippen LogP contribution in [0, 0.1) is 0 Å². The number of thiocarbonyl (C=S) groups is 1. The van der Waals surface area contributed by atoms with Gasteiger partial charge in [-0.05, 0) is 13.0 Å². The molecule has 3 heteroatoms. The van der Waals surface area contributed by atoms with Gasteiger partial charge in [0.15, 0.2) is 4.99 Å². The highest BCUT2D eigenvalue weighted by molar-refractivity contribution is 7.82. The Hall–Kier alpha value is -0.830. The first-order valence-corrected chi connectivity index (χ1v) is 2.92. The van der Waals surface area contributed by atoms with Crippen molar-refractivity contribution in [3.8, 4) is 0 Å². The number of carbonyl (C=O) groups is 1. The van der Waals surface area contributed by atoms with E-state index in [1.165, 1.54) is 0 Å². The van der Waals surface area contributed by atoms with Gasteiger partial charge in [0.05, 0.1) is 0 Å². The van der Waals surface area contributed by atoms with Gasteiger partial charge >= 0.3 is 0 Å². The lowest BCUT2D eigenvalue weighted by Crippen LogP contribution is -2.13. The van der Waals surface area contributed by atoms with E-state index in [0.29, 0.717) is 5.57 Å². The average molecular weight is 139 g/mol. The number of Topliss-reactive ketones (excluding diaryl/α,β-unsaturated/α-hetero) is 1. The Bertz CT molecular complexity index is 227. The summed E-state index contributed by atoms with van der Waals surface area (Å²) >= 11 is 4.62. The van der Waals surface area contributed by atoms with Crippen LogP contribution in [0.5, 0.6) is 0 Å². The number of ketones is 1. The average Bonchev–Trinajstić information content (AvgIpc) is 1.83. The molecule has 0 spiro atoms. The van der Waals surface area contributed by atoms with Crippen molar-refractivity contribution in [2.45, 2.75) is 6.92 Å². The number of hydrogen-bond acceptors (Lipinski definition) is 2. The largest absolute Gasteiger partial charge is 0.286 e. The van der Waals surface area contributed by atoms with Crippen LogP contribution < -0.4 is 0 Å². The van der Waals surface area contributed by atoms with Crippen molar-refractivity contribution >= 4 is 29.2 Å². The summed E-state index contributed by atoms with van der Waals surface area (Å²) in [5.74, 6) is -0.132. The maximum absolute atomic E-state index is 10.8. The first kappa shape index (κ1) is 6.29. The zero-order valence-electron chi connectivity index (χ0n) is 4.92. The number of rotatable bonds is 0. The molecule has 0 amide bonds. The molecular formula is C6H5NOS. The fourth-order valence-electron chi connectivity index (χ4n) is 0.520. The molecule has 0 aromatic heterocycles. The third kappa shape index (κ3) is 1.10. The summed E-state index contributed by atoms with van der Waals surface area (Å²) in [6.07, 6.45) is 3.19. The molecule has 0 fully saturated rings. The van der Waals surface area contributed by atoms with E-state index in [2.05, 4.69) is 17.2 Å². The summed E-state index contributed by atoms with van der Waals surface area (Å²) in [6.45, 7) is 1.72. The first-order chi connectivity index (χ1) is 4.22. The molecule has 0 aromatic rings. The van der Waals surface area contributed by atoms with Crippen LogP contribution in [0.15, 0.2) is 16.6 Å². The van der Waals surface area contributed by atoms with Gasteiger partial charge in [-0.1, -0.05) is 12.2 Å². The minimum absolute atomic E-state index is 0.132. The van der Waals surface area contributed by atoms with E-state index in [1.807, 2.05) is 0 Å². The third-order valence-corrected chi connectivity index (χ3v) is 1.36. The first-order valence-electron chi connectivity index (χ1n) is 2.51. The molecule has 1 rings (SSSR count). The molecule has 0 saturated heterocycles. The molecule has 1 aliphatic heterocycles. The van der Waals surface area contributed by atoms with Crippen molar-refractivity contribution in [1.82, 2.24) is 0 Å². The van der Waals surface area contributed by atoms with Crippen molar-refractivity contribution in [3.05, 3.63) is 11.6 Å². The highest BCUT2D eigenvalue weighted by atomic mass is 32.1. The molecule has 1 heterocycles. The second-order valence-electron chi connectivity index (χ2n) is 1.76. The van der Waals surface area contributed by atoms with Gasteiger partial charge in [-0.15, -0.1) is 0 Å². The van der Waals surface area contributed by atoms with E-state index in [0.717, 1.165) is 0 Å². The Morgan fingerprint density at radius 1 is 1.67 bits per heavy atom. The van der Waals surface area contributed by atoms with Crippen LogP contribution in [0.25, 0.3) is 0 Å². The Morgan fingerprint density at radius 3 is 2.78 bits per heavy atom. The number of aliphatic imine (C=N–C) groups is 1. The molecule has 0 bridgehead atoms. The van der Waals surface area contributed by atoms with Gasteiger partial charge < -0.3 is 0 Å². The Kier molecular flexibility index (Phi) is 1.53. The molecule has 46 valence electrons. The third-order valence-electron chi connectivity index (χ3n) is 1.07. The van der Waals surface area contributed by atoms with Gasteiger partial charge in [-0.25, -0.2) is 4.99 Å². The van der Waals surface area contributed by atoms with E-state index < -0.39 is 0 Å². The van der Waals surface area contributed by atoms with E-state index in [4.69, 9.17) is 0 Å². The normalized spacial score (nSPS) is 18.1. The lowest BCUT2D eigenvalue weighted by Gasteiger charge is -1.99. The number of nitrogens with zero attached hydrogens (tertiary/aromatic N) is 1. The molecule has 0 saturated carbocycles. The lowest BCUT2D eigenvalue weighted by molar-refractivity contribution is -0.109. The molecule has 0 radical (unpaired) electrons. The predicted molar refractivity (Wildman–Crippen MR) is 39.9 cm³/mol. The van der Waals surface area contributed by atoms with Crippen molar-refractivity contribution in [3.63, 3.8) is 0 Å². The van der Waals surface area contributed by atoms with Crippen LogP contribution in [-0.4, -0.2) is 17.0 Å². The van der Waals surface area contributed by atoms with Crippen LogP contribution in [-0.2, 0) is 4.79 Å². The molecular weight excluding hydrogens is 134 g/mol. The fourth-order valence-corrected chi connectivity index (χ4v) is 0.742. The SMILES string of the molecule is CC1=CC=NC(=S)C1=O. The number of carbonyl (C=O) groups excluding carboxylic acids is 1. The summed E-state index contributed by atoms with van der Waals surface area (Å²) in [6, 6.07) is 0. The standard InChI is InChI=1S/C6H5NOS/c1-4-2-3-7-6(9)5(4)8/h2-3H,1H3. The smallest absolute Gasteiger partial charge is 0.218 e. The number of allylic oxidation sites excluding steroid dienone is 1. The molecule has 2 nitrogen and oxygen atoms in total. The van der Waals surface area contributed by atoms with E-state index in [1.54, 1.807) is 19.2 Å². The zero-order chi connectivity index (χ0) is 6.85. The number of dihydropyridines is 1. The summed E-state index contributed by atoms with van der Waals surface area (Å²) in [7, 11) is 0. The maximum atomic E-state index is 10.8. The van der Waals surface area contributed by atoms with Crippen LogP contribution in [0.3, 0.4) is 0 Å². The molecule has 0 atom stereocenters. The van der Waals surface area contributed by atoms with E-state index in [9.17, 15) is 4.79 Å². The van der Waals surface area contributed by atoms with Crippen LogP contribution >= 0.6 is 12.2 Å². The van der Waals surface area contributed by atoms with Crippen LogP contribution in [0.2, 0.25) is 0 Å². The molecule has 0 N–H and O–H groups in total. The molecule has 1 aliphatic rings. The monoisotopic (exact) mass is 139 g/mol. The van der Waals surface area contributed by atoms with Crippen molar-refractivity contribution in [1.29, 1.82) is 0 Å². The minimum atomic E-state index is -0.132. The van der Waals surface area contributed by atoms with Gasteiger partial charge in [0.2, 0.25) is 5.78 Å². The zero-order valence-corrected chi connectivity index (χ0v) is 5.73. The maximum Gasteiger partial charge on any atom is 0.218 e. The second-order valence-corrected chi connectivity index (χ2v) is 2.15. The van der Waals surface area contributed by atoms with Crippen molar-refractivity contribution < 1.29 is 4.79 Å². The molecule has 0 aromatic carbocycles. The van der Waals surface area contributed by atoms with Gasteiger partial charge in [-0.3, -0.25) is 4.79 Å². The fraction of sp³-hybridized carbons (Fsp3) is 0.167. The van der Waals surface area contributed by atoms with Gasteiger partial charge in [0.25, 0.3) is 0 Å². The minimum Gasteiger partial charge on any atom is -0.286 e. The predicted octanol–water partition coefficient (Wildman–Crippen LogP) is 0.914. The molecule has 0 aliphatic carbocycles. The summed E-state index contributed by atoms with van der Waals surface area (Å²) in [5.41, 5.74) is 0.662. The highest BCUT2D eigenvalue weighted by Gasteiger charge is 2.11. The topological polar surface area (TPSA) is 29.4 Å². The Morgan fingerprint density at radius 2 is 2.33 bits per heavy atom. The van der Waals surface area contributed by atoms with E-state index in [-0.39, 0.29) is 10.8 Å². The van der Waals surface area contributed by atoms with Crippen molar-refractivity contribution in [2.24, 2.45) is 4.99 Å². The molecule has 0 unspecified atom stereocenters. The lowest BCUT2D eigenvalue weighted by atomic mass is 10.1. The Labute approximate surface area is 58.3 Å². The highest BCUT2D eigenvalue weighted by Crippen LogP contribution is 2.01. The van der Waals surface area contributed by atoms with Gasteiger partial charge in [0.1, 0.15) is 0 Å². The quantitative estimate of drug-likeness (QED) is 0.467. The summed E-state index contributed by atoms with van der Waals surface area (Å²) < 4.78 is 0. The van der Waals surface area contributed by atoms with Gasteiger partial charge in [-0.2, -0.15) is 0 Å². The second kappa shape index (κ2) is 2.19. The van der Waals surface area contributed by atoms with Crippen LogP contribution in [0.1, 0.15) is 6.92 Å². The Balaban J connectivity index is 3.00. The summed E-state index contributed by atoms with van der Waals surface area (Å²) in [4.78, 5) is 14.6. The van der Waals surface area contributed by atoms with Crippen molar-refractivity contribution in [2.75, 3.05) is 0 Å². The molecule has 9 heavy (non-hydrogen) atoms. The van der Waals surface area contributed by atoms with E-state index >= 15 is 0 Å². The number of hydrogen-bond donors (Lipinski definition) is 0.